The van der Waals surface area contributed by atoms with Crippen molar-refractivity contribution < 1.29 is 9.21 Å². The molecule has 0 saturated carbocycles. The smallest absolute Gasteiger partial charge is 0.150 e. The first kappa shape index (κ1) is 16.1. The number of nitrogens with zero attached hydrogens (tertiary/aromatic N) is 1. The Morgan fingerprint density at radius 2 is 1.88 bits per heavy atom. The molecule has 0 atom stereocenters. The summed E-state index contributed by atoms with van der Waals surface area (Å²) in [5.74, 6) is 0.716. The molecule has 1 heterocycles. The van der Waals surface area contributed by atoms with Crippen LogP contribution in [0.5, 0.6) is 0 Å². The van der Waals surface area contributed by atoms with E-state index in [1.165, 1.54) is 0 Å². The van der Waals surface area contributed by atoms with E-state index in [4.69, 9.17) is 10.2 Å². The summed E-state index contributed by atoms with van der Waals surface area (Å²) in [5, 5.41) is 1.78. The van der Waals surface area contributed by atoms with Gasteiger partial charge in [-0.1, -0.05) is 24.3 Å². The summed E-state index contributed by atoms with van der Waals surface area (Å²) in [6, 6.07) is 19.1. The van der Waals surface area contributed by atoms with E-state index < -0.39 is 0 Å². The highest BCUT2D eigenvalue weighted by Crippen LogP contribution is 2.41. The van der Waals surface area contributed by atoms with Crippen LogP contribution in [0.2, 0.25) is 0 Å². The first-order chi connectivity index (χ1) is 12.7. The highest BCUT2D eigenvalue weighted by Gasteiger charge is 2.18. The molecule has 128 valence electrons. The summed E-state index contributed by atoms with van der Waals surface area (Å²) in [6.07, 6.45) is 0.884. The van der Waals surface area contributed by atoms with Gasteiger partial charge in [0.1, 0.15) is 11.3 Å². The van der Waals surface area contributed by atoms with Gasteiger partial charge in [0.15, 0.2) is 6.29 Å². The van der Waals surface area contributed by atoms with E-state index in [-0.39, 0.29) is 0 Å². The van der Waals surface area contributed by atoms with Crippen LogP contribution < -0.4 is 11.1 Å². The minimum Gasteiger partial charge on any atom is -0.456 e. The molecule has 0 bridgehead atoms. The lowest BCUT2D eigenvalue weighted by molar-refractivity contribution is 0.112. The third-order valence-corrected chi connectivity index (χ3v) is 4.43. The van der Waals surface area contributed by atoms with Gasteiger partial charge in [0, 0.05) is 46.4 Å². The third kappa shape index (κ3) is 2.65. The second kappa shape index (κ2) is 6.48. The van der Waals surface area contributed by atoms with Crippen LogP contribution in [0.25, 0.3) is 33.4 Å². The predicted molar refractivity (Wildman–Crippen MR) is 104 cm³/mol. The highest BCUT2D eigenvalue weighted by molar-refractivity contribution is 6.05. The Balaban J connectivity index is 2.18. The number of nitrogen functional groups attached to an aromatic ring is 1. The number of anilines is 1. The number of aldehydes is 1. The third-order valence-electron chi connectivity index (χ3n) is 4.43. The SMILES string of the molecule is CCN=c1ccc2c(-c3ccccc3C=O)c3ccc(N)cc3oc-2c1. The lowest BCUT2D eigenvalue weighted by atomic mass is 9.91. The monoisotopic (exact) mass is 342 g/mol. The molecule has 2 aromatic carbocycles. The molecule has 4 nitrogen and oxygen atoms in total. The number of fused-ring (bicyclic) bond motifs is 2. The topological polar surface area (TPSA) is 68.6 Å². The molecule has 0 amide bonds. The van der Waals surface area contributed by atoms with Crippen LogP contribution in [0, 0.1) is 0 Å². The molecule has 26 heavy (non-hydrogen) atoms. The van der Waals surface area contributed by atoms with Crippen LogP contribution in [0.15, 0.2) is 70.1 Å². The Kier molecular flexibility index (Phi) is 4.01. The van der Waals surface area contributed by atoms with Crippen molar-refractivity contribution in [2.45, 2.75) is 6.92 Å². The number of hydrogen-bond acceptors (Lipinski definition) is 4. The number of benzene rings is 3. The molecule has 4 rings (SSSR count). The van der Waals surface area contributed by atoms with E-state index in [1.807, 2.05) is 67.6 Å². The van der Waals surface area contributed by atoms with E-state index in [1.54, 1.807) is 0 Å². The van der Waals surface area contributed by atoms with Gasteiger partial charge < -0.3 is 10.2 Å². The van der Waals surface area contributed by atoms with Crippen LogP contribution in [0.4, 0.5) is 5.69 Å². The number of hydrogen-bond donors (Lipinski definition) is 1. The van der Waals surface area contributed by atoms with Gasteiger partial charge in [0.2, 0.25) is 0 Å². The first-order valence-corrected chi connectivity index (χ1v) is 8.52. The molecule has 0 fully saturated rings. The summed E-state index contributed by atoms with van der Waals surface area (Å²) >= 11 is 0. The molecule has 2 aromatic rings. The summed E-state index contributed by atoms with van der Waals surface area (Å²) in [6.45, 7) is 2.70. The van der Waals surface area contributed by atoms with E-state index in [2.05, 4.69) is 4.99 Å². The largest absolute Gasteiger partial charge is 0.456 e. The molecule has 0 aromatic heterocycles. The zero-order chi connectivity index (χ0) is 18.1. The lowest BCUT2D eigenvalue weighted by Crippen LogP contribution is -2.03. The quantitative estimate of drug-likeness (QED) is 0.338. The van der Waals surface area contributed by atoms with Crippen LogP contribution in [0.1, 0.15) is 17.3 Å². The fourth-order valence-electron chi connectivity index (χ4n) is 3.29. The van der Waals surface area contributed by atoms with Crippen molar-refractivity contribution in [3.05, 3.63) is 71.6 Å². The Hall–Kier alpha value is -3.40. The van der Waals surface area contributed by atoms with Crippen molar-refractivity contribution >= 4 is 22.9 Å². The molecular formula is C22H18N2O2. The molecule has 0 spiro atoms. The summed E-state index contributed by atoms with van der Waals surface area (Å²) in [4.78, 5) is 16.1. The van der Waals surface area contributed by atoms with Gasteiger partial charge in [-0.25, -0.2) is 0 Å². The van der Waals surface area contributed by atoms with E-state index in [0.717, 1.165) is 33.7 Å². The summed E-state index contributed by atoms with van der Waals surface area (Å²) < 4.78 is 6.12. The zero-order valence-electron chi connectivity index (χ0n) is 14.4. The van der Waals surface area contributed by atoms with Gasteiger partial charge in [0.25, 0.3) is 0 Å². The fourth-order valence-corrected chi connectivity index (χ4v) is 3.29. The molecule has 4 heteroatoms. The Morgan fingerprint density at radius 3 is 2.69 bits per heavy atom. The van der Waals surface area contributed by atoms with Gasteiger partial charge in [-0.15, -0.1) is 0 Å². The number of carbonyl (C=O) groups is 1. The molecule has 0 radical (unpaired) electrons. The zero-order valence-corrected chi connectivity index (χ0v) is 14.4. The maximum absolute atomic E-state index is 11.6. The second-order valence-electron chi connectivity index (χ2n) is 6.09. The minimum absolute atomic E-state index is 0.629. The standard InChI is InChI=1S/C22H18N2O2/c1-2-24-16-8-10-19-21(12-16)26-20-11-15(23)7-9-18(20)22(19)17-6-4-3-5-14(17)13-25/h3-13H,2,23H2,1H3. The van der Waals surface area contributed by atoms with Crippen molar-refractivity contribution in [1.29, 1.82) is 0 Å². The fraction of sp³-hybridized carbons (Fsp3) is 0.0909. The summed E-state index contributed by atoms with van der Waals surface area (Å²) in [7, 11) is 0. The Labute approximate surface area is 151 Å². The van der Waals surface area contributed by atoms with Gasteiger partial charge in [-0.05, 0) is 36.8 Å². The van der Waals surface area contributed by atoms with Crippen molar-refractivity contribution in [2.75, 3.05) is 12.3 Å². The maximum atomic E-state index is 11.6. The van der Waals surface area contributed by atoms with Gasteiger partial charge in [0.05, 0.1) is 5.36 Å². The van der Waals surface area contributed by atoms with Crippen LogP contribution in [-0.4, -0.2) is 12.8 Å². The molecule has 0 unspecified atom stereocenters. The van der Waals surface area contributed by atoms with E-state index >= 15 is 0 Å². The maximum Gasteiger partial charge on any atom is 0.150 e. The summed E-state index contributed by atoms with van der Waals surface area (Å²) in [5.41, 5.74) is 10.7. The Morgan fingerprint density at radius 1 is 1.04 bits per heavy atom. The van der Waals surface area contributed by atoms with Gasteiger partial charge >= 0.3 is 0 Å². The number of nitrogens with two attached hydrogens (primary N) is 1. The number of carbonyl (C=O) groups excluding carboxylic acids is 1. The van der Waals surface area contributed by atoms with E-state index in [0.29, 0.717) is 29.1 Å². The molecule has 1 aliphatic carbocycles. The lowest BCUT2D eigenvalue weighted by Gasteiger charge is -2.16. The molecule has 2 N–H and O–H groups in total. The molecule has 0 saturated heterocycles. The molecule has 1 aliphatic heterocycles. The average molecular weight is 342 g/mol. The normalized spacial score (nSPS) is 12.0. The highest BCUT2D eigenvalue weighted by atomic mass is 16.3. The van der Waals surface area contributed by atoms with Crippen LogP contribution in [-0.2, 0) is 0 Å². The van der Waals surface area contributed by atoms with Crippen molar-refractivity contribution in [1.82, 2.24) is 0 Å². The predicted octanol–water partition coefficient (Wildman–Crippen LogP) is 4.52. The van der Waals surface area contributed by atoms with Gasteiger partial charge in [-0.2, -0.15) is 0 Å². The average Bonchev–Trinajstić information content (AvgIpc) is 2.66. The minimum atomic E-state index is 0.629. The van der Waals surface area contributed by atoms with Crippen molar-refractivity contribution in [3.8, 4) is 22.5 Å². The van der Waals surface area contributed by atoms with Crippen molar-refractivity contribution in [2.24, 2.45) is 4.99 Å². The van der Waals surface area contributed by atoms with E-state index in [9.17, 15) is 4.79 Å². The number of rotatable bonds is 3. The molecule has 2 aliphatic rings. The van der Waals surface area contributed by atoms with Gasteiger partial charge in [-0.3, -0.25) is 9.79 Å². The molecular weight excluding hydrogens is 324 g/mol. The van der Waals surface area contributed by atoms with Crippen LogP contribution in [0.3, 0.4) is 0 Å². The first-order valence-electron chi connectivity index (χ1n) is 8.52. The van der Waals surface area contributed by atoms with Crippen molar-refractivity contribution in [3.63, 3.8) is 0 Å². The Bertz CT molecular complexity index is 1160. The second-order valence-corrected chi connectivity index (χ2v) is 6.09. The van der Waals surface area contributed by atoms with Crippen LogP contribution >= 0.6 is 0 Å².